The number of ether oxygens (including phenoxy) is 1. The number of carbonyl (C=O) groups is 1. The summed E-state index contributed by atoms with van der Waals surface area (Å²) in [5, 5.41) is 13.0. The number of amides is 1. The van der Waals surface area contributed by atoms with Crippen molar-refractivity contribution in [3.8, 4) is 10.7 Å². The van der Waals surface area contributed by atoms with Crippen molar-refractivity contribution < 1.29 is 9.53 Å². The van der Waals surface area contributed by atoms with Crippen LogP contribution in [-0.4, -0.2) is 40.4 Å². The molecule has 3 heterocycles. The van der Waals surface area contributed by atoms with E-state index < -0.39 is 0 Å². The Hall–Kier alpha value is -2.00. The van der Waals surface area contributed by atoms with Crippen LogP contribution in [0.1, 0.15) is 24.8 Å². The first-order valence-corrected chi connectivity index (χ1v) is 11.5. The number of rotatable bonds is 7. The summed E-state index contributed by atoms with van der Waals surface area (Å²) in [6.45, 7) is 2.39. The van der Waals surface area contributed by atoms with Crippen molar-refractivity contribution in [1.29, 1.82) is 0 Å². The van der Waals surface area contributed by atoms with Gasteiger partial charge in [0.2, 0.25) is 5.91 Å². The number of H-pyrrole nitrogens is 1. The van der Waals surface area contributed by atoms with Crippen LogP contribution >= 0.6 is 35.2 Å². The zero-order valence-electron chi connectivity index (χ0n) is 16.4. The Kier molecular flexibility index (Phi) is 6.67. The molecule has 1 saturated heterocycles. The van der Waals surface area contributed by atoms with E-state index in [1.807, 2.05) is 40.3 Å². The van der Waals surface area contributed by atoms with E-state index in [9.17, 15) is 4.79 Å². The molecule has 1 aliphatic rings. The molecule has 1 aromatic carbocycles. The summed E-state index contributed by atoms with van der Waals surface area (Å²) in [6, 6.07) is 11.9. The van der Waals surface area contributed by atoms with Gasteiger partial charge < -0.3 is 10.1 Å². The van der Waals surface area contributed by atoms with E-state index in [2.05, 4.69) is 21.6 Å². The zero-order chi connectivity index (χ0) is 21.0. The Morgan fingerprint density at radius 2 is 2.17 bits per heavy atom. The van der Waals surface area contributed by atoms with Gasteiger partial charge in [0.05, 0.1) is 4.88 Å². The monoisotopic (exact) mass is 462 g/mol. The third-order valence-electron chi connectivity index (χ3n) is 5.57. The van der Waals surface area contributed by atoms with Crippen LogP contribution < -0.4 is 5.32 Å². The Bertz CT molecular complexity index is 1060. The first kappa shape index (κ1) is 21.2. The largest absolute Gasteiger partial charge is 0.381 e. The highest BCUT2D eigenvalue weighted by atomic mass is 35.5. The van der Waals surface area contributed by atoms with Gasteiger partial charge in [0.1, 0.15) is 0 Å². The van der Waals surface area contributed by atoms with Gasteiger partial charge in [0.15, 0.2) is 10.6 Å². The van der Waals surface area contributed by atoms with Crippen molar-refractivity contribution >= 4 is 41.1 Å². The summed E-state index contributed by atoms with van der Waals surface area (Å²) in [7, 11) is 0. The molecular weight excluding hydrogens is 440 g/mol. The van der Waals surface area contributed by atoms with Gasteiger partial charge in [-0.1, -0.05) is 29.8 Å². The summed E-state index contributed by atoms with van der Waals surface area (Å²) in [4.78, 5) is 13.7. The molecule has 0 aliphatic carbocycles. The Balaban J connectivity index is 1.42. The van der Waals surface area contributed by atoms with Gasteiger partial charge in [-0.2, -0.15) is 5.10 Å². The molecule has 0 bridgehead atoms. The summed E-state index contributed by atoms with van der Waals surface area (Å²) < 4.78 is 7.97. The van der Waals surface area contributed by atoms with Gasteiger partial charge in [-0.15, -0.1) is 11.3 Å². The minimum Gasteiger partial charge on any atom is -0.381 e. The van der Waals surface area contributed by atoms with Crippen LogP contribution in [-0.2, 0) is 21.5 Å². The number of halogens is 1. The second-order valence-electron chi connectivity index (χ2n) is 7.41. The van der Waals surface area contributed by atoms with Crippen LogP contribution in [0.25, 0.3) is 10.7 Å². The molecule has 6 nitrogen and oxygen atoms in total. The Labute approximate surface area is 189 Å². The first-order valence-electron chi connectivity index (χ1n) is 9.87. The van der Waals surface area contributed by atoms with E-state index in [0.717, 1.165) is 29.1 Å². The van der Waals surface area contributed by atoms with E-state index in [1.165, 1.54) is 0 Å². The number of benzene rings is 1. The minimum atomic E-state index is -0.160. The summed E-state index contributed by atoms with van der Waals surface area (Å²) in [5.41, 5.74) is 0.989. The van der Waals surface area contributed by atoms with Crippen molar-refractivity contribution in [2.24, 2.45) is 0 Å². The van der Waals surface area contributed by atoms with Crippen molar-refractivity contribution in [3.63, 3.8) is 0 Å². The molecule has 2 N–H and O–H groups in total. The van der Waals surface area contributed by atoms with Crippen LogP contribution in [0.4, 0.5) is 0 Å². The van der Waals surface area contributed by atoms with Crippen LogP contribution in [0.5, 0.6) is 0 Å². The quantitative estimate of drug-likeness (QED) is 0.504. The van der Waals surface area contributed by atoms with Crippen molar-refractivity contribution in [2.75, 3.05) is 19.8 Å². The van der Waals surface area contributed by atoms with Gasteiger partial charge >= 0.3 is 0 Å². The van der Waals surface area contributed by atoms with Crippen molar-refractivity contribution in [2.45, 2.75) is 31.2 Å². The average Bonchev–Trinajstić information content (AvgIpc) is 3.41. The van der Waals surface area contributed by atoms with Crippen molar-refractivity contribution in [3.05, 3.63) is 57.1 Å². The predicted molar refractivity (Wildman–Crippen MR) is 122 cm³/mol. The smallest absolute Gasteiger partial charge is 0.221 e. The average molecular weight is 463 g/mol. The molecule has 1 fully saturated rings. The normalized spacial score (nSPS) is 15.8. The number of nitrogens with one attached hydrogen (secondary N) is 2. The molecule has 4 rings (SSSR count). The molecule has 158 valence electrons. The highest BCUT2D eigenvalue weighted by molar-refractivity contribution is 7.71. The van der Waals surface area contributed by atoms with Gasteiger partial charge in [-0.05, 0) is 54.2 Å². The molecule has 2 aromatic heterocycles. The maximum absolute atomic E-state index is 12.7. The maximum Gasteiger partial charge on any atom is 0.221 e. The highest BCUT2D eigenvalue weighted by Gasteiger charge is 2.35. The van der Waals surface area contributed by atoms with E-state index in [0.29, 0.717) is 42.5 Å². The number of nitrogens with zero attached hydrogens (tertiary/aromatic N) is 2. The third-order valence-corrected chi connectivity index (χ3v) is 6.99. The van der Waals surface area contributed by atoms with Crippen LogP contribution in [0.15, 0.2) is 41.8 Å². The number of aromatic amines is 1. The Morgan fingerprint density at radius 3 is 2.90 bits per heavy atom. The number of carbonyl (C=O) groups excluding carboxylic acids is 1. The minimum absolute atomic E-state index is 0.0110. The van der Waals surface area contributed by atoms with Crippen LogP contribution in [0.3, 0.4) is 0 Å². The standard InChI is InChI=1S/C21H23ClN4O2S2/c22-16-4-1-3-15(13-16)21(7-10-28-11-8-21)14-23-18(27)6-9-26-19(24-25-20(26)29)17-5-2-12-30-17/h1-5,12-13H,6-11,14H2,(H,23,27)(H,25,29). The number of hydrogen-bond donors (Lipinski definition) is 2. The lowest BCUT2D eigenvalue weighted by Gasteiger charge is -2.38. The highest BCUT2D eigenvalue weighted by Crippen LogP contribution is 2.35. The first-order chi connectivity index (χ1) is 14.6. The van der Waals surface area contributed by atoms with E-state index in [1.54, 1.807) is 11.3 Å². The van der Waals surface area contributed by atoms with Gasteiger partial charge in [0.25, 0.3) is 0 Å². The summed E-state index contributed by atoms with van der Waals surface area (Å²) in [5.74, 6) is 0.755. The van der Waals surface area contributed by atoms with E-state index >= 15 is 0 Å². The zero-order valence-corrected chi connectivity index (χ0v) is 18.8. The van der Waals surface area contributed by atoms with E-state index in [4.69, 9.17) is 28.6 Å². The molecule has 0 radical (unpaired) electrons. The van der Waals surface area contributed by atoms with Crippen LogP contribution in [0, 0.1) is 4.77 Å². The number of aromatic nitrogens is 3. The SMILES string of the molecule is O=C(CCn1c(-c2cccs2)n[nH]c1=S)NCC1(c2cccc(Cl)c2)CCOCC1. The molecule has 3 aromatic rings. The molecule has 0 unspecified atom stereocenters. The lowest BCUT2D eigenvalue weighted by atomic mass is 9.74. The fourth-order valence-corrected chi connectivity index (χ4v) is 4.97. The molecule has 0 atom stereocenters. The molecular formula is C21H23ClN4O2S2. The molecule has 1 aliphatic heterocycles. The van der Waals surface area contributed by atoms with E-state index in [-0.39, 0.29) is 11.3 Å². The molecule has 30 heavy (non-hydrogen) atoms. The van der Waals surface area contributed by atoms with Gasteiger partial charge in [-0.3, -0.25) is 14.5 Å². The van der Waals surface area contributed by atoms with Crippen molar-refractivity contribution in [1.82, 2.24) is 20.1 Å². The predicted octanol–water partition coefficient (Wildman–Crippen LogP) is 4.58. The number of hydrogen-bond acceptors (Lipinski definition) is 5. The second-order valence-corrected chi connectivity index (χ2v) is 9.18. The Morgan fingerprint density at radius 1 is 1.33 bits per heavy atom. The topological polar surface area (TPSA) is 71.9 Å². The molecule has 0 saturated carbocycles. The maximum atomic E-state index is 12.7. The van der Waals surface area contributed by atoms with Gasteiger partial charge in [-0.25, -0.2) is 0 Å². The molecule has 1 amide bonds. The van der Waals surface area contributed by atoms with Gasteiger partial charge in [0, 0.05) is 43.2 Å². The fraction of sp³-hybridized carbons (Fsp3) is 0.381. The molecule has 0 spiro atoms. The van der Waals surface area contributed by atoms with Crippen LogP contribution in [0.2, 0.25) is 5.02 Å². The fourth-order valence-electron chi connectivity index (χ4n) is 3.84. The summed E-state index contributed by atoms with van der Waals surface area (Å²) >= 11 is 13.2. The third kappa shape index (κ3) is 4.67. The molecule has 9 heteroatoms. The summed E-state index contributed by atoms with van der Waals surface area (Å²) in [6.07, 6.45) is 2.03. The lowest BCUT2D eigenvalue weighted by molar-refractivity contribution is -0.121. The second kappa shape index (κ2) is 9.43. The number of thiophene rings is 1. The lowest BCUT2D eigenvalue weighted by Crippen LogP contribution is -2.44.